The van der Waals surface area contributed by atoms with E-state index < -0.39 is 0 Å². The highest BCUT2D eigenvalue weighted by atomic mass is 79.9. The maximum absolute atomic E-state index is 12.0. The lowest BCUT2D eigenvalue weighted by atomic mass is 10.3. The van der Waals surface area contributed by atoms with Crippen molar-refractivity contribution in [1.82, 2.24) is 9.78 Å². The number of methoxy groups -OCH3 is 1. The summed E-state index contributed by atoms with van der Waals surface area (Å²) in [6, 6.07) is 0. The van der Waals surface area contributed by atoms with Crippen molar-refractivity contribution in [3.63, 3.8) is 0 Å². The molecule has 1 aromatic heterocycles. The molecule has 0 radical (unpaired) electrons. The van der Waals surface area contributed by atoms with Gasteiger partial charge in [0.2, 0.25) is 0 Å². The average molecular weight is 316 g/mol. The first-order valence-corrected chi connectivity index (χ1v) is 6.93. The summed E-state index contributed by atoms with van der Waals surface area (Å²) in [6.07, 6.45) is 4.19. The van der Waals surface area contributed by atoms with Crippen molar-refractivity contribution >= 4 is 21.6 Å². The molecule has 1 aliphatic rings. The third-order valence-electron chi connectivity index (χ3n) is 3.10. The number of rotatable bonds is 6. The van der Waals surface area contributed by atoms with Gasteiger partial charge in [0, 0.05) is 20.2 Å². The molecular formula is C12H18BrN3O2. The van der Waals surface area contributed by atoms with Gasteiger partial charge >= 0.3 is 0 Å². The Bertz CT molecular complexity index is 471. The standard InChI is InChI=1S/C12H18BrN3O2/c1-8(18-2)5-14-10-6-15-16(7-9-3-4-9)12(17)11(10)13/h6,8-9,14H,3-5,7H2,1-2H3. The Hall–Kier alpha value is -0.880. The Morgan fingerprint density at radius 2 is 2.39 bits per heavy atom. The van der Waals surface area contributed by atoms with Crippen molar-refractivity contribution in [3.05, 3.63) is 21.0 Å². The number of halogens is 1. The fraction of sp³-hybridized carbons (Fsp3) is 0.667. The molecule has 6 heteroatoms. The molecule has 0 spiro atoms. The summed E-state index contributed by atoms with van der Waals surface area (Å²) in [7, 11) is 1.66. The average Bonchev–Trinajstić information content (AvgIpc) is 3.17. The molecular weight excluding hydrogens is 298 g/mol. The summed E-state index contributed by atoms with van der Waals surface area (Å²) in [5.74, 6) is 0.634. The van der Waals surface area contributed by atoms with Crippen molar-refractivity contribution in [2.24, 2.45) is 5.92 Å². The molecule has 1 heterocycles. The van der Waals surface area contributed by atoms with Crippen molar-refractivity contribution in [1.29, 1.82) is 0 Å². The Labute approximate surface area is 115 Å². The Morgan fingerprint density at radius 3 is 3.00 bits per heavy atom. The molecule has 1 fully saturated rings. The molecule has 1 N–H and O–H groups in total. The van der Waals surface area contributed by atoms with Crippen LogP contribution in [0.15, 0.2) is 15.5 Å². The molecule has 2 rings (SSSR count). The fourth-order valence-electron chi connectivity index (χ4n) is 1.60. The first kappa shape index (κ1) is 13.5. The first-order valence-electron chi connectivity index (χ1n) is 6.14. The Kier molecular flexibility index (Phi) is 4.40. The van der Waals surface area contributed by atoms with Gasteiger partial charge in [-0.1, -0.05) is 0 Å². The quantitative estimate of drug-likeness (QED) is 0.870. The summed E-state index contributed by atoms with van der Waals surface area (Å²) in [5, 5.41) is 7.35. The number of nitrogens with one attached hydrogen (secondary N) is 1. The van der Waals surface area contributed by atoms with Gasteiger partial charge in [-0.05, 0) is 41.6 Å². The summed E-state index contributed by atoms with van der Waals surface area (Å²) in [5.41, 5.74) is 0.646. The zero-order valence-corrected chi connectivity index (χ0v) is 12.2. The van der Waals surface area contributed by atoms with Crippen LogP contribution in [0.2, 0.25) is 0 Å². The van der Waals surface area contributed by atoms with Gasteiger partial charge < -0.3 is 10.1 Å². The van der Waals surface area contributed by atoms with Crippen LogP contribution in [0, 0.1) is 5.92 Å². The number of nitrogens with zero attached hydrogens (tertiary/aromatic N) is 2. The van der Waals surface area contributed by atoms with E-state index in [4.69, 9.17) is 4.74 Å². The summed E-state index contributed by atoms with van der Waals surface area (Å²) in [6.45, 7) is 3.33. The molecule has 1 unspecified atom stereocenters. The van der Waals surface area contributed by atoms with Crippen molar-refractivity contribution in [2.75, 3.05) is 19.0 Å². The maximum Gasteiger partial charge on any atom is 0.283 e. The van der Waals surface area contributed by atoms with Crippen molar-refractivity contribution in [2.45, 2.75) is 32.4 Å². The second kappa shape index (κ2) is 5.84. The predicted molar refractivity (Wildman–Crippen MR) is 73.9 cm³/mol. The minimum atomic E-state index is -0.0723. The smallest absolute Gasteiger partial charge is 0.283 e. The molecule has 1 atom stereocenters. The van der Waals surface area contributed by atoms with E-state index in [9.17, 15) is 4.79 Å². The fourth-order valence-corrected chi connectivity index (χ4v) is 2.05. The largest absolute Gasteiger partial charge is 0.380 e. The molecule has 0 saturated heterocycles. The molecule has 1 aromatic rings. The van der Waals surface area contributed by atoms with Gasteiger partial charge in [-0.15, -0.1) is 0 Å². The number of hydrogen-bond acceptors (Lipinski definition) is 4. The van der Waals surface area contributed by atoms with Crippen LogP contribution in [-0.2, 0) is 11.3 Å². The number of aromatic nitrogens is 2. The third-order valence-corrected chi connectivity index (χ3v) is 3.86. The van der Waals surface area contributed by atoms with Crippen LogP contribution in [0.4, 0.5) is 5.69 Å². The van der Waals surface area contributed by atoms with Crippen LogP contribution in [0.1, 0.15) is 19.8 Å². The molecule has 0 aromatic carbocycles. The predicted octanol–water partition coefficient (Wildman–Crippen LogP) is 1.86. The highest BCUT2D eigenvalue weighted by Crippen LogP contribution is 2.30. The van der Waals surface area contributed by atoms with E-state index in [1.165, 1.54) is 17.5 Å². The molecule has 1 aliphatic carbocycles. The highest BCUT2D eigenvalue weighted by Gasteiger charge is 2.23. The van der Waals surface area contributed by atoms with E-state index in [1.54, 1.807) is 13.3 Å². The number of hydrogen-bond donors (Lipinski definition) is 1. The zero-order chi connectivity index (χ0) is 13.1. The second-order valence-corrected chi connectivity index (χ2v) is 5.52. The van der Waals surface area contributed by atoms with E-state index in [2.05, 4.69) is 26.3 Å². The lowest BCUT2D eigenvalue weighted by molar-refractivity contribution is 0.129. The van der Waals surface area contributed by atoms with Gasteiger partial charge in [-0.25, -0.2) is 4.68 Å². The lowest BCUT2D eigenvalue weighted by Crippen LogP contribution is -2.26. The van der Waals surface area contributed by atoms with Gasteiger partial charge in [-0.3, -0.25) is 4.79 Å². The summed E-state index contributed by atoms with van der Waals surface area (Å²) >= 11 is 3.34. The minimum Gasteiger partial charge on any atom is -0.380 e. The molecule has 100 valence electrons. The van der Waals surface area contributed by atoms with E-state index in [0.717, 1.165) is 12.2 Å². The normalized spacial score (nSPS) is 16.6. The minimum absolute atomic E-state index is 0.0723. The van der Waals surface area contributed by atoms with Crippen LogP contribution < -0.4 is 10.9 Å². The monoisotopic (exact) mass is 315 g/mol. The van der Waals surface area contributed by atoms with Crippen LogP contribution in [0.5, 0.6) is 0 Å². The molecule has 1 saturated carbocycles. The van der Waals surface area contributed by atoms with Gasteiger partial charge in [0.15, 0.2) is 0 Å². The second-order valence-electron chi connectivity index (χ2n) is 4.73. The number of anilines is 1. The van der Waals surface area contributed by atoms with E-state index in [1.807, 2.05) is 6.92 Å². The van der Waals surface area contributed by atoms with Crippen molar-refractivity contribution in [3.8, 4) is 0 Å². The van der Waals surface area contributed by atoms with Crippen LogP contribution in [-0.4, -0.2) is 29.5 Å². The van der Waals surface area contributed by atoms with Gasteiger partial charge in [0.05, 0.1) is 18.0 Å². The Morgan fingerprint density at radius 1 is 1.67 bits per heavy atom. The van der Waals surface area contributed by atoms with Gasteiger partial charge in [0.25, 0.3) is 5.56 Å². The topological polar surface area (TPSA) is 56.1 Å². The van der Waals surface area contributed by atoms with E-state index in [0.29, 0.717) is 16.9 Å². The molecule has 5 nitrogen and oxygen atoms in total. The number of ether oxygens (including phenoxy) is 1. The molecule has 0 aliphatic heterocycles. The van der Waals surface area contributed by atoms with E-state index >= 15 is 0 Å². The van der Waals surface area contributed by atoms with Crippen LogP contribution in [0.25, 0.3) is 0 Å². The Balaban J connectivity index is 2.07. The summed E-state index contributed by atoms with van der Waals surface area (Å²) in [4.78, 5) is 12.0. The van der Waals surface area contributed by atoms with Crippen LogP contribution >= 0.6 is 15.9 Å². The zero-order valence-electron chi connectivity index (χ0n) is 10.6. The van der Waals surface area contributed by atoms with Crippen molar-refractivity contribution < 1.29 is 4.74 Å². The van der Waals surface area contributed by atoms with Gasteiger partial charge in [0.1, 0.15) is 4.47 Å². The maximum atomic E-state index is 12.0. The summed E-state index contributed by atoms with van der Waals surface area (Å²) < 4.78 is 7.22. The molecule has 18 heavy (non-hydrogen) atoms. The third kappa shape index (κ3) is 3.32. The SMILES string of the molecule is COC(C)CNc1cnn(CC2CC2)c(=O)c1Br. The van der Waals surface area contributed by atoms with E-state index in [-0.39, 0.29) is 11.7 Å². The van der Waals surface area contributed by atoms with Crippen LogP contribution in [0.3, 0.4) is 0 Å². The highest BCUT2D eigenvalue weighted by molar-refractivity contribution is 9.10. The molecule has 0 bridgehead atoms. The lowest BCUT2D eigenvalue weighted by Gasteiger charge is -2.13. The molecule has 0 amide bonds. The van der Waals surface area contributed by atoms with Gasteiger partial charge in [-0.2, -0.15) is 5.10 Å². The first-order chi connectivity index (χ1) is 8.61.